The molecule has 0 amide bonds. The minimum absolute atomic E-state index is 0.0576. The number of carboxylic acids is 1. The van der Waals surface area contributed by atoms with Crippen LogP contribution in [0.5, 0.6) is 0 Å². The van der Waals surface area contributed by atoms with Crippen LogP contribution in [-0.2, 0) is 9.59 Å². The number of carbonyl (C=O) groups excluding carboxylic acids is 1. The van der Waals surface area contributed by atoms with Gasteiger partial charge in [0.2, 0.25) is 0 Å². The van der Waals surface area contributed by atoms with Crippen LogP contribution >= 0.6 is 0 Å². The van der Waals surface area contributed by atoms with Gasteiger partial charge in [0.1, 0.15) is 5.78 Å². The molecule has 0 spiro atoms. The molecule has 1 saturated carbocycles. The Bertz CT molecular complexity index is 499. The molecule has 0 radical (unpaired) electrons. The molecule has 148 valence electrons. The van der Waals surface area contributed by atoms with Crippen LogP contribution in [0.2, 0.25) is 0 Å². The smallest absolute Gasteiger partial charge is 0.303 e. The zero-order valence-corrected chi connectivity index (χ0v) is 15.9. The highest BCUT2D eigenvalue weighted by atomic mass is 16.4. The minimum Gasteiger partial charge on any atom is -0.481 e. The molecule has 1 unspecified atom stereocenters. The van der Waals surface area contributed by atoms with Crippen molar-refractivity contribution in [1.82, 2.24) is 0 Å². The van der Waals surface area contributed by atoms with E-state index in [1.165, 1.54) is 0 Å². The first-order chi connectivity index (χ1) is 12.3. The summed E-state index contributed by atoms with van der Waals surface area (Å²) in [5, 5.41) is 29.2. The molecule has 26 heavy (non-hydrogen) atoms. The van der Waals surface area contributed by atoms with E-state index in [0.717, 1.165) is 32.1 Å². The van der Waals surface area contributed by atoms with Crippen molar-refractivity contribution in [2.75, 3.05) is 0 Å². The van der Waals surface area contributed by atoms with E-state index < -0.39 is 17.7 Å². The van der Waals surface area contributed by atoms with Gasteiger partial charge in [-0.3, -0.25) is 9.59 Å². The average molecular weight is 366 g/mol. The largest absolute Gasteiger partial charge is 0.481 e. The lowest BCUT2D eigenvalue weighted by molar-refractivity contribution is -0.137. The molecule has 0 aromatic rings. The van der Waals surface area contributed by atoms with Crippen LogP contribution in [0.25, 0.3) is 0 Å². The summed E-state index contributed by atoms with van der Waals surface area (Å²) in [4.78, 5) is 22.7. The summed E-state index contributed by atoms with van der Waals surface area (Å²) in [6.07, 6.45) is 11.0. The Kier molecular flexibility index (Phi) is 9.81. The molecule has 0 bridgehead atoms. The third kappa shape index (κ3) is 7.42. The maximum atomic E-state index is 12.2. The second kappa shape index (κ2) is 11.3. The molecule has 0 aromatic carbocycles. The Hall–Kier alpha value is -1.46. The first kappa shape index (κ1) is 22.6. The zero-order chi connectivity index (χ0) is 19.6. The fraction of sp³-hybridized carbons (Fsp3) is 0.714. The number of carboxylic acid groups (broad SMARTS) is 1. The molecular formula is C21H34O5. The van der Waals surface area contributed by atoms with Crippen molar-refractivity contribution >= 4 is 11.8 Å². The summed E-state index contributed by atoms with van der Waals surface area (Å²) in [6, 6.07) is 0. The van der Waals surface area contributed by atoms with Crippen molar-refractivity contribution in [2.24, 2.45) is 11.8 Å². The van der Waals surface area contributed by atoms with E-state index in [9.17, 15) is 19.8 Å². The molecule has 3 N–H and O–H groups in total. The zero-order valence-electron chi connectivity index (χ0n) is 15.9. The summed E-state index contributed by atoms with van der Waals surface area (Å²) < 4.78 is 0. The molecule has 1 fully saturated rings. The molecule has 0 aliphatic heterocycles. The van der Waals surface area contributed by atoms with Crippen LogP contribution < -0.4 is 0 Å². The van der Waals surface area contributed by atoms with E-state index in [-0.39, 0.29) is 30.5 Å². The van der Waals surface area contributed by atoms with Gasteiger partial charge >= 0.3 is 5.97 Å². The molecule has 0 saturated heterocycles. The normalized spacial score (nSPS) is 25.5. The predicted molar refractivity (Wildman–Crippen MR) is 102 cm³/mol. The molecule has 5 heteroatoms. The fourth-order valence-electron chi connectivity index (χ4n) is 3.74. The minimum atomic E-state index is -0.939. The molecule has 1 aliphatic rings. The summed E-state index contributed by atoms with van der Waals surface area (Å²) >= 11 is 0. The van der Waals surface area contributed by atoms with Crippen LogP contribution in [0.1, 0.15) is 71.1 Å². The van der Waals surface area contributed by atoms with Gasteiger partial charge in [0, 0.05) is 18.8 Å². The highest BCUT2D eigenvalue weighted by Gasteiger charge is 2.39. The Balaban J connectivity index is 2.50. The fourth-order valence-corrected chi connectivity index (χ4v) is 3.74. The number of ketones is 1. The summed E-state index contributed by atoms with van der Waals surface area (Å²) in [7, 11) is 0. The van der Waals surface area contributed by atoms with Crippen LogP contribution in [0.3, 0.4) is 0 Å². The quantitative estimate of drug-likeness (QED) is 0.342. The van der Waals surface area contributed by atoms with Gasteiger partial charge in [-0.05, 0) is 31.6 Å². The summed E-state index contributed by atoms with van der Waals surface area (Å²) in [5.41, 5.74) is -0.939. The molecule has 0 aromatic heterocycles. The van der Waals surface area contributed by atoms with Crippen LogP contribution in [0.15, 0.2) is 24.8 Å². The van der Waals surface area contributed by atoms with Gasteiger partial charge < -0.3 is 15.3 Å². The monoisotopic (exact) mass is 366 g/mol. The van der Waals surface area contributed by atoms with E-state index in [0.29, 0.717) is 19.3 Å². The lowest BCUT2D eigenvalue weighted by Gasteiger charge is -2.22. The highest BCUT2D eigenvalue weighted by molar-refractivity contribution is 5.85. The van der Waals surface area contributed by atoms with Gasteiger partial charge in [-0.25, -0.2) is 0 Å². The maximum Gasteiger partial charge on any atom is 0.303 e. The van der Waals surface area contributed by atoms with Crippen molar-refractivity contribution in [2.45, 2.75) is 82.8 Å². The number of Topliss-reactive ketones (excluding diaryl/α,β-unsaturated/α-hetero) is 1. The van der Waals surface area contributed by atoms with Gasteiger partial charge in [0.15, 0.2) is 0 Å². The number of carbonyl (C=O) groups is 2. The Morgan fingerprint density at radius 2 is 2.00 bits per heavy atom. The molecular weight excluding hydrogens is 332 g/mol. The topological polar surface area (TPSA) is 94.8 Å². The lowest BCUT2D eigenvalue weighted by atomic mass is 9.87. The highest BCUT2D eigenvalue weighted by Crippen LogP contribution is 2.35. The van der Waals surface area contributed by atoms with Crippen LogP contribution in [0.4, 0.5) is 0 Å². The molecule has 0 heterocycles. The van der Waals surface area contributed by atoms with Gasteiger partial charge in [-0.1, -0.05) is 50.8 Å². The van der Waals surface area contributed by atoms with Gasteiger partial charge in [-0.2, -0.15) is 0 Å². The molecule has 5 nitrogen and oxygen atoms in total. The van der Waals surface area contributed by atoms with E-state index in [1.807, 2.05) is 19.1 Å². The summed E-state index contributed by atoms with van der Waals surface area (Å²) in [6.45, 7) is 5.69. The maximum absolute atomic E-state index is 12.2. The van der Waals surface area contributed by atoms with Gasteiger partial charge in [-0.15, -0.1) is 6.58 Å². The number of hydrogen-bond acceptors (Lipinski definition) is 4. The number of aliphatic carboxylic acids is 1. The average Bonchev–Trinajstić information content (AvgIpc) is 2.84. The number of rotatable bonds is 13. The standard InChI is InChI=1S/C21H34O5/c1-3-13-21(26,4-2)14-9-11-17-16(18(22)15-19(17)23)10-7-5-6-8-12-20(24)25/h4,9,11,16-18,22,26H,2-3,5-8,10,12-15H2,1H3,(H,24,25)/t16-,17-,18+,21?/m1/s1. The van der Waals surface area contributed by atoms with Crippen molar-refractivity contribution in [3.05, 3.63) is 24.8 Å². The number of hydrogen-bond donors (Lipinski definition) is 3. The van der Waals surface area contributed by atoms with E-state index >= 15 is 0 Å². The van der Waals surface area contributed by atoms with Crippen molar-refractivity contribution in [3.8, 4) is 0 Å². The lowest BCUT2D eigenvalue weighted by Crippen LogP contribution is -2.24. The van der Waals surface area contributed by atoms with Crippen molar-refractivity contribution < 1.29 is 24.9 Å². The SMILES string of the molecule is C=CC(O)(CC=C[C@H]1C(=O)C[C@H](O)[C@@H]1CCCCCCC(=O)O)CCC. The van der Waals surface area contributed by atoms with Gasteiger partial charge in [0.05, 0.1) is 11.7 Å². The van der Waals surface area contributed by atoms with E-state index in [2.05, 4.69) is 6.58 Å². The Morgan fingerprint density at radius 1 is 1.31 bits per heavy atom. The summed E-state index contributed by atoms with van der Waals surface area (Å²) in [5.74, 6) is -1.09. The molecule has 1 aliphatic carbocycles. The number of allylic oxidation sites excluding steroid dienone is 1. The van der Waals surface area contributed by atoms with Crippen LogP contribution in [-0.4, -0.2) is 38.8 Å². The van der Waals surface area contributed by atoms with E-state index in [1.54, 1.807) is 6.08 Å². The number of aliphatic hydroxyl groups is 2. The molecule has 1 rings (SSSR count). The first-order valence-corrected chi connectivity index (χ1v) is 9.78. The van der Waals surface area contributed by atoms with Crippen molar-refractivity contribution in [1.29, 1.82) is 0 Å². The third-order valence-electron chi connectivity index (χ3n) is 5.29. The van der Waals surface area contributed by atoms with Crippen molar-refractivity contribution in [3.63, 3.8) is 0 Å². The third-order valence-corrected chi connectivity index (χ3v) is 5.29. The second-order valence-corrected chi connectivity index (χ2v) is 7.46. The molecule has 4 atom stereocenters. The number of unbranched alkanes of at least 4 members (excludes halogenated alkanes) is 3. The van der Waals surface area contributed by atoms with E-state index in [4.69, 9.17) is 5.11 Å². The Morgan fingerprint density at radius 3 is 2.62 bits per heavy atom. The van der Waals surface area contributed by atoms with Gasteiger partial charge in [0.25, 0.3) is 0 Å². The predicted octanol–water partition coefficient (Wildman–Crippen LogP) is 3.64. The first-order valence-electron chi connectivity index (χ1n) is 9.78. The van der Waals surface area contributed by atoms with Crippen LogP contribution in [0, 0.1) is 11.8 Å². The number of aliphatic hydroxyl groups excluding tert-OH is 1. The second-order valence-electron chi connectivity index (χ2n) is 7.46. The Labute approximate surface area is 156 Å².